The Bertz CT molecular complexity index is 512. The van der Waals surface area contributed by atoms with Gasteiger partial charge in [0.05, 0.1) is 5.02 Å². The maximum atomic E-state index is 13.4. The van der Waals surface area contributed by atoms with Crippen molar-refractivity contribution in [3.63, 3.8) is 0 Å². The number of hydrogen-bond acceptors (Lipinski definition) is 2. The summed E-state index contributed by atoms with van der Waals surface area (Å²) in [6, 6.07) is 3.38. The van der Waals surface area contributed by atoms with Gasteiger partial charge in [-0.25, -0.2) is 9.37 Å². The Morgan fingerprint density at radius 3 is 2.56 bits per heavy atom. The van der Waals surface area contributed by atoms with E-state index >= 15 is 0 Å². The topological polar surface area (TPSA) is 38.9 Å². The molecule has 0 aliphatic rings. The van der Waals surface area contributed by atoms with E-state index in [4.69, 9.17) is 17.3 Å². The summed E-state index contributed by atoms with van der Waals surface area (Å²) >= 11 is 5.83. The third-order valence-electron chi connectivity index (χ3n) is 2.10. The van der Waals surface area contributed by atoms with Gasteiger partial charge in [0, 0.05) is 11.6 Å². The number of hydrogen-bond donors (Lipinski definition) is 1. The van der Waals surface area contributed by atoms with Gasteiger partial charge in [0.1, 0.15) is 11.6 Å². The van der Waals surface area contributed by atoms with Crippen molar-refractivity contribution in [1.82, 2.24) is 4.98 Å². The summed E-state index contributed by atoms with van der Waals surface area (Å²) < 4.78 is 13.4. The molecule has 0 saturated carbocycles. The van der Waals surface area contributed by atoms with Crippen molar-refractivity contribution in [2.75, 3.05) is 5.73 Å². The molecule has 0 saturated heterocycles. The minimum absolute atomic E-state index is 0.104. The number of pyridine rings is 1. The number of halogens is 2. The van der Waals surface area contributed by atoms with E-state index in [2.05, 4.69) is 4.98 Å². The van der Waals surface area contributed by atoms with Crippen LogP contribution in [0.3, 0.4) is 0 Å². The molecule has 0 unspecified atom stereocenters. The third kappa shape index (κ3) is 2.25. The number of benzene rings is 1. The lowest BCUT2D eigenvalue weighted by Gasteiger charge is -2.04. The lowest BCUT2D eigenvalue weighted by molar-refractivity contribution is 0.621. The molecule has 4 heteroatoms. The molecule has 0 aliphatic carbocycles. The molecule has 2 nitrogen and oxygen atoms in total. The van der Waals surface area contributed by atoms with E-state index in [0.717, 1.165) is 5.39 Å². The minimum atomic E-state index is -0.397. The smallest absolute Gasteiger partial charge is 0.145 e. The van der Waals surface area contributed by atoms with Gasteiger partial charge in [0.25, 0.3) is 0 Å². The largest absolute Gasteiger partial charge is 0.384 e. The van der Waals surface area contributed by atoms with Crippen molar-refractivity contribution in [1.29, 1.82) is 0 Å². The number of rotatable bonds is 0. The van der Waals surface area contributed by atoms with Crippen molar-refractivity contribution in [2.24, 2.45) is 0 Å². The first kappa shape index (κ1) is 12.7. The first-order valence-corrected chi connectivity index (χ1v) is 5.47. The van der Waals surface area contributed by atoms with Crippen molar-refractivity contribution < 1.29 is 4.39 Å². The van der Waals surface area contributed by atoms with Crippen molar-refractivity contribution in [3.05, 3.63) is 34.7 Å². The van der Waals surface area contributed by atoms with Gasteiger partial charge in [-0.15, -0.1) is 0 Å². The molecular formula is C12H14ClFN2. The molecule has 1 aromatic carbocycles. The van der Waals surface area contributed by atoms with E-state index in [1.165, 1.54) is 6.20 Å². The fourth-order valence-electron chi connectivity index (χ4n) is 1.38. The van der Waals surface area contributed by atoms with Gasteiger partial charge in [-0.2, -0.15) is 0 Å². The van der Waals surface area contributed by atoms with E-state index < -0.39 is 5.82 Å². The fourth-order valence-corrected chi connectivity index (χ4v) is 1.69. The molecule has 2 rings (SSSR count). The molecule has 0 aliphatic heterocycles. The summed E-state index contributed by atoms with van der Waals surface area (Å²) in [6.45, 7) is 5.66. The molecule has 0 atom stereocenters. The van der Waals surface area contributed by atoms with Gasteiger partial charge in [0.15, 0.2) is 0 Å². The van der Waals surface area contributed by atoms with E-state index in [9.17, 15) is 4.39 Å². The highest BCUT2D eigenvalue weighted by atomic mass is 35.5. The monoisotopic (exact) mass is 240 g/mol. The molecule has 1 heterocycles. The second kappa shape index (κ2) is 5.12. The number of fused-ring (bicyclic) bond motifs is 1. The lowest BCUT2D eigenvalue weighted by atomic mass is 10.1. The molecule has 1 aromatic heterocycles. The Kier molecular flexibility index (Phi) is 4.07. The average molecular weight is 241 g/mol. The van der Waals surface area contributed by atoms with Crippen LogP contribution in [0.15, 0.2) is 18.3 Å². The summed E-state index contributed by atoms with van der Waals surface area (Å²) in [5.74, 6) is 0.00492. The number of aromatic nitrogens is 1. The molecule has 0 spiro atoms. The van der Waals surface area contributed by atoms with Gasteiger partial charge in [-0.05, 0) is 30.0 Å². The fraction of sp³-hybridized carbons (Fsp3) is 0.250. The first-order chi connectivity index (χ1) is 7.59. The van der Waals surface area contributed by atoms with Crippen LogP contribution in [0.1, 0.15) is 19.4 Å². The average Bonchev–Trinajstić information content (AvgIpc) is 2.28. The van der Waals surface area contributed by atoms with Gasteiger partial charge in [-0.1, -0.05) is 25.4 Å². The standard InChI is InChI=1S/C10H8ClFN2.C2H6/c1-5-2-6-3-8(13)14-4-7(6)9(11)10(5)12;1-2/h2-4H,1H3,(H2,13,14);1-2H3. The minimum Gasteiger partial charge on any atom is -0.384 e. The van der Waals surface area contributed by atoms with Gasteiger partial charge < -0.3 is 5.73 Å². The number of nitrogens with two attached hydrogens (primary N) is 1. The van der Waals surface area contributed by atoms with Gasteiger partial charge in [0.2, 0.25) is 0 Å². The molecule has 0 radical (unpaired) electrons. The zero-order valence-electron chi connectivity index (χ0n) is 9.51. The van der Waals surface area contributed by atoms with Crippen LogP contribution >= 0.6 is 11.6 Å². The zero-order chi connectivity index (χ0) is 12.3. The quantitative estimate of drug-likeness (QED) is 0.757. The Balaban J connectivity index is 0.000000606. The highest BCUT2D eigenvalue weighted by Crippen LogP contribution is 2.28. The second-order valence-corrected chi connectivity index (χ2v) is 3.53. The lowest BCUT2D eigenvalue weighted by Crippen LogP contribution is -1.92. The molecule has 0 amide bonds. The third-order valence-corrected chi connectivity index (χ3v) is 2.47. The van der Waals surface area contributed by atoms with Crippen molar-refractivity contribution in [2.45, 2.75) is 20.8 Å². The molecule has 2 N–H and O–H groups in total. The van der Waals surface area contributed by atoms with Gasteiger partial charge in [-0.3, -0.25) is 0 Å². The summed E-state index contributed by atoms with van der Waals surface area (Å²) in [5.41, 5.74) is 6.02. The van der Waals surface area contributed by atoms with Crippen LogP contribution in [-0.2, 0) is 0 Å². The predicted molar refractivity (Wildman–Crippen MR) is 67.2 cm³/mol. The van der Waals surface area contributed by atoms with Crippen LogP contribution < -0.4 is 5.73 Å². The number of anilines is 1. The second-order valence-electron chi connectivity index (χ2n) is 3.15. The highest BCUT2D eigenvalue weighted by molar-refractivity contribution is 6.35. The van der Waals surface area contributed by atoms with Crippen molar-refractivity contribution >= 4 is 28.2 Å². The molecule has 86 valence electrons. The predicted octanol–water partition coefficient (Wildman–Crippen LogP) is 3.94. The Morgan fingerprint density at radius 1 is 1.31 bits per heavy atom. The summed E-state index contributed by atoms with van der Waals surface area (Å²) in [6.07, 6.45) is 1.48. The van der Waals surface area contributed by atoms with Crippen LogP contribution in [0.4, 0.5) is 10.2 Å². The molecule has 2 aromatic rings. The molecule has 16 heavy (non-hydrogen) atoms. The summed E-state index contributed by atoms with van der Waals surface area (Å²) in [4.78, 5) is 3.87. The normalized spacial score (nSPS) is 9.81. The van der Waals surface area contributed by atoms with Crippen LogP contribution in [-0.4, -0.2) is 4.98 Å². The first-order valence-electron chi connectivity index (χ1n) is 5.09. The van der Waals surface area contributed by atoms with Crippen LogP contribution in [0, 0.1) is 12.7 Å². The highest BCUT2D eigenvalue weighted by Gasteiger charge is 2.09. The number of nitrogens with zero attached hydrogens (tertiary/aromatic N) is 1. The summed E-state index contributed by atoms with van der Waals surface area (Å²) in [7, 11) is 0. The molecular weight excluding hydrogens is 227 g/mol. The van der Waals surface area contributed by atoms with Crippen LogP contribution in [0.25, 0.3) is 10.8 Å². The SMILES string of the molecule is CC.Cc1cc2cc(N)ncc2c(Cl)c1F. The summed E-state index contributed by atoms with van der Waals surface area (Å²) in [5, 5.41) is 1.50. The molecule has 0 bridgehead atoms. The Labute approximate surface area is 99.2 Å². The van der Waals surface area contributed by atoms with Crippen LogP contribution in [0.5, 0.6) is 0 Å². The maximum absolute atomic E-state index is 13.4. The van der Waals surface area contributed by atoms with Crippen molar-refractivity contribution in [3.8, 4) is 0 Å². The Morgan fingerprint density at radius 2 is 1.94 bits per heavy atom. The number of nitrogen functional groups attached to an aromatic ring is 1. The van der Waals surface area contributed by atoms with E-state index in [-0.39, 0.29) is 5.02 Å². The maximum Gasteiger partial charge on any atom is 0.145 e. The van der Waals surface area contributed by atoms with E-state index in [1.807, 2.05) is 13.8 Å². The van der Waals surface area contributed by atoms with E-state index in [1.54, 1.807) is 19.1 Å². The number of aryl methyl sites for hydroxylation is 1. The zero-order valence-corrected chi connectivity index (χ0v) is 10.3. The molecule has 0 fully saturated rings. The Hall–Kier alpha value is -1.35. The van der Waals surface area contributed by atoms with Gasteiger partial charge >= 0.3 is 0 Å². The van der Waals surface area contributed by atoms with E-state index in [0.29, 0.717) is 16.8 Å². The van der Waals surface area contributed by atoms with Crippen LogP contribution in [0.2, 0.25) is 5.02 Å².